The molecule has 0 saturated carbocycles. The zero-order chi connectivity index (χ0) is 20.6. The number of nitrogens with one attached hydrogen (secondary N) is 1. The largest absolute Gasteiger partial charge is 0.457 e. The van der Waals surface area contributed by atoms with Crippen molar-refractivity contribution < 1.29 is 23.9 Å². The van der Waals surface area contributed by atoms with Crippen LogP contribution in [0.15, 0.2) is 54.6 Å². The zero-order valence-electron chi connectivity index (χ0n) is 16.3. The lowest BCUT2D eigenvalue weighted by molar-refractivity contribution is -0.157. The molecule has 1 heterocycles. The van der Waals surface area contributed by atoms with Crippen LogP contribution in [0.4, 0.5) is 0 Å². The number of carbonyl (C=O) groups excluding carboxylic acids is 3. The van der Waals surface area contributed by atoms with Crippen LogP contribution in [0, 0.1) is 0 Å². The smallest absolute Gasteiger partial charge is 0.326 e. The number of hydrogen-bond acceptors (Lipinski definition) is 5. The van der Waals surface area contributed by atoms with Crippen molar-refractivity contribution in [3.63, 3.8) is 0 Å². The number of hydrogen-bond donors (Lipinski definition) is 1. The normalized spacial score (nSPS) is 14.2. The quantitative estimate of drug-likeness (QED) is 0.728. The zero-order valence-corrected chi connectivity index (χ0v) is 16.3. The Labute approximate surface area is 169 Å². The molecule has 2 amide bonds. The molecule has 0 bridgehead atoms. The third kappa shape index (κ3) is 5.81. The molecule has 2 aromatic carbocycles. The number of esters is 1. The summed E-state index contributed by atoms with van der Waals surface area (Å²) in [5.41, 5.74) is 0.388. The highest BCUT2D eigenvalue weighted by Gasteiger charge is 2.25. The Morgan fingerprint density at radius 2 is 1.59 bits per heavy atom. The fourth-order valence-electron chi connectivity index (χ4n) is 3.04. The molecule has 1 aliphatic heterocycles. The molecule has 2 aromatic rings. The van der Waals surface area contributed by atoms with E-state index >= 15 is 0 Å². The lowest BCUT2D eigenvalue weighted by Crippen LogP contribution is -2.40. The summed E-state index contributed by atoms with van der Waals surface area (Å²) in [6.45, 7) is 2.63. The standard InChI is InChI=1S/C22H24N2O5/c1-16(22(27)24-13-5-6-14-24)28-20(25)15-23-21(26)17-9-11-19(12-10-17)29-18-7-3-2-4-8-18/h2-4,7-12,16H,5-6,13-15H2,1H3,(H,23,26)/t16-/m1/s1. The molecule has 0 spiro atoms. The number of ether oxygens (including phenoxy) is 2. The lowest BCUT2D eigenvalue weighted by Gasteiger charge is -2.20. The summed E-state index contributed by atoms with van der Waals surface area (Å²) in [6, 6.07) is 15.9. The summed E-state index contributed by atoms with van der Waals surface area (Å²) >= 11 is 0. The molecule has 1 saturated heterocycles. The summed E-state index contributed by atoms with van der Waals surface area (Å²) in [4.78, 5) is 38.0. The first-order valence-corrected chi connectivity index (χ1v) is 9.62. The molecule has 0 unspecified atom stereocenters. The van der Waals surface area contributed by atoms with Crippen molar-refractivity contribution in [3.05, 3.63) is 60.2 Å². The van der Waals surface area contributed by atoms with Gasteiger partial charge in [0.15, 0.2) is 6.10 Å². The SMILES string of the molecule is C[C@@H](OC(=O)CNC(=O)c1ccc(Oc2ccccc2)cc1)C(=O)N1CCCC1. The number of nitrogens with zero attached hydrogens (tertiary/aromatic N) is 1. The first kappa shape index (κ1) is 20.4. The van der Waals surface area contributed by atoms with Gasteiger partial charge < -0.3 is 19.7 Å². The minimum atomic E-state index is -0.855. The Bertz CT molecular complexity index is 845. The van der Waals surface area contributed by atoms with E-state index in [-0.39, 0.29) is 12.5 Å². The highest BCUT2D eigenvalue weighted by atomic mass is 16.5. The molecule has 0 aliphatic carbocycles. The maximum Gasteiger partial charge on any atom is 0.326 e. The summed E-state index contributed by atoms with van der Waals surface area (Å²) in [5, 5.41) is 2.50. The van der Waals surface area contributed by atoms with Gasteiger partial charge in [0.1, 0.15) is 18.0 Å². The lowest BCUT2D eigenvalue weighted by atomic mass is 10.2. The molecule has 0 radical (unpaired) electrons. The number of likely N-dealkylation sites (tertiary alicyclic amines) is 1. The van der Waals surface area contributed by atoms with Crippen LogP contribution in [-0.2, 0) is 14.3 Å². The number of rotatable bonds is 7. The van der Waals surface area contributed by atoms with Crippen LogP contribution >= 0.6 is 0 Å². The van der Waals surface area contributed by atoms with Gasteiger partial charge >= 0.3 is 5.97 Å². The van der Waals surface area contributed by atoms with Crippen LogP contribution < -0.4 is 10.1 Å². The van der Waals surface area contributed by atoms with E-state index < -0.39 is 18.0 Å². The van der Waals surface area contributed by atoms with E-state index in [0.29, 0.717) is 30.2 Å². The van der Waals surface area contributed by atoms with E-state index in [1.165, 1.54) is 0 Å². The van der Waals surface area contributed by atoms with Crippen LogP contribution in [0.5, 0.6) is 11.5 Å². The van der Waals surface area contributed by atoms with E-state index in [4.69, 9.17) is 9.47 Å². The van der Waals surface area contributed by atoms with E-state index in [2.05, 4.69) is 5.32 Å². The average Bonchev–Trinajstić information content (AvgIpc) is 3.27. The molecule has 1 atom stereocenters. The first-order chi connectivity index (χ1) is 14.0. The second-order valence-corrected chi connectivity index (χ2v) is 6.79. The predicted molar refractivity (Wildman–Crippen MR) is 107 cm³/mol. The molecule has 1 N–H and O–H groups in total. The Morgan fingerprint density at radius 3 is 2.24 bits per heavy atom. The molecular formula is C22H24N2O5. The van der Waals surface area contributed by atoms with Crippen LogP contribution in [0.25, 0.3) is 0 Å². The fourth-order valence-corrected chi connectivity index (χ4v) is 3.04. The molecule has 3 rings (SSSR count). The minimum Gasteiger partial charge on any atom is -0.457 e. The molecular weight excluding hydrogens is 372 g/mol. The van der Waals surface area contributed by atoms with Crippen molar-refractivity contribution in [2.24, 2.45) is 0 Å². The minimum absolute atomic E-state index is 0.198. The molecule has 152 valence electrons. The molecule has 1 fully saturated rings. The van der Waals surface area contributed by atoms with Gasteiger partial charge in [-0.15, -0.1) is 0 Å². The monoisotopic (exact) mass is 396 g/mol. The number of para-hydroxylation sites is 1. The fraction of sp³-hybridized carbons (Fsp3) is 0.318. The average molecular weight is 396 g/mol. The maximum absolute atomic E-state index is 12.2. The highest BCUT2D eigenvalue weighted by Crippen LogP contribution is 2.21. The third-order valence-electron chi connectivity index (χ3n) is 4.56. The molecule has 0 aromatic heterocycles. The van der Waals surface area contributed by atoms with Gasteiger partial charge in [0, 0.05) is 18.7 Å². The number of amides is 2. The van der Waals surface area contributed by atoms with Crippen molar-refractivity contribution in [1.82, 2.24) is 10.2 Å². The molecule has 7 nitrogen and oxygen atoms in total. The van der Waals surface area contributed by atoms with Crippen LogP contribution in [0.2, 0.25) is 0 Å². The second kappa shape index (κ2) is 9.73. The Morgan fingerprint density at radius 1 is 0.966 bits per heavy atom. The van der Waals surface area contributed by atoms with Crippen LogP contribution in [-0.4, -0.2) is 48.4 Å². The van der Waals surface area contributed by atoms with Gasteiger partial charge in [-0.2, -0.15) is 0 Å². The van der Waals surface area contributed by atoms with Crippen LogP contribution in [0.3, 0.4) is 0 Å². The van der Waals surface area contributed by atoms with Crippen LogP contribution in [0.1, 0.15) is 30.1 Å². The van der Waals surface area contributed by atoms with Crippen molar-refractivity contribution in [2.45, 2.75) is 25.9 Å². The molecule has 1 aliphatic rings. The third-order valence-corrected chi connectivity index (χ3v) is 4.56. The Kier molecular flexibility index (Phi) is 6.84. The topological polar surface area (TPSA) is 84.9 Å². The predicted octanol–water partition coefficient (Wildman–Crippen LogP) is 2.76. The number of carbonyl (C=O) groups is 3. The summed E-state index contributed by atoms with van der Waals surface area (Å²) in [5.74, 6) is 0.0387. The van der Waals surface area contributed by atoms with Crippen molar-refractivity contribution in [1.29, 1.82) is 0 Å². The van der Waals surface area contributed by atoms with E-state index in [1.807, 2.05) is 30.3 Å². The van der Waals surface area contributed by atoms with Crippen molar-refractivity contribution in [2.75, 3.05) is 19.6 Å². The maximum atomic E-state index is 12.2. The second-order valence-electron chi connectivity index (χ2n) is 6.79. The Balaban J connectivity index is 1.44. The Hall–Kier alpha value is -3.35. The first-order valence-electron chi connectivity index (χ1n) is 9.62. The summed E-state index contributed by atoms with van der Waals surface area (Å²) in [6.07, 6.45) is 1.09. The van der Waals surface area contributed by atoms with Crippen molar-refractivity contribution >= 4 is 17.8 Å². The van der Waals surface area contributed by atoms with Gasteiger partial charge in [-0.3, -0.25) is 14.4 Å². The molecule has 7 heteroatoms. The van der Waals surface area contributed by atoms with E-state index in [0.717, 1.165) is 12.8 Å². The summed E-state index contributed by atoms with van der Waals surface area (Å²) < 4.78 is 10.8. The van der Waals surface area contributed by atoms with Gasteiger partial charge in [-0.25, -0.2) is 0 Å². The van der Waals surface area contributed by atoms with Gasteiger partial charge in [0.2, 0.25) is 0 Å². The van der Waals surface area contributed by atoms with Gasteiger partial charge in [-0.05, 0) is 56.2 Å². The van der Waals surface area contributed by atoms with Gasteiger partial charge in [0.25, 0.3) is 11.8 Å². The number of benzene rings is 2. The van der Waals surface area contributed by atoms with E-state index in [9.17, 15) is 14.4 Å². The van der Waals surface area contributed by atoms with Crippen molar-refractivity contribution in [3.8, 4) is 11.5 Å². The van der Waals surface area contributed by atoms with Gasteiger partial charge in [0.05, 0.1) is 0 Å². The molecule has 29 heavy (non-hydrogen) atoms. The van der Waals surface area contributed by atoms with Gasteiger partial charge in [-0.1, -0.05) is 18.2 Å². The van der Waals surface area contributed by atoms with E-state index in [1.54, 1.807) is 36.1 Å². The summed E-state index contributed by atoms with van der Waals surface area (Å²) in [7, 11) is 0. The highest BCUT2D eigenvalue weighted by molar-refractivity contribution is 5.96.